The summed E-state index contributed by atoms with van der Waals surface area (Å²) in [6.07, 6.45) is 8.26. The third-order valence-corrected chi connectivity index (χ3v) is 2.91. The third kappa shape index (κ3) is 3.81. The highest BCUT2D eigenvalue weighted by Gasteiger charge is 2.19. The van der Waals surface area contributed by atoms with Crippen molar-refractivity contribution in [2.24, 2.45) is 0 Å². The highest BCUT2D eigenvalue weighted by Crippen LogP contribution is 2.18. The monoisotopic (exact) mass is 220 g/mol. The molecule has 3 heteroatoms. The van der Waals surface area contributed by atoms with E-state index in [0.717, 1.165) is 19.0 Å². The van der Waals surface area contributed by atoms with E-state index in [-0.39, 0.29) is 0 Å². The fourth-order valence-corrected chi connectivity index (χ4v) is 1.73. The van der Waals surface area contributed by atoms with Gasteiger partial charge in [0.25, 0.3) is 0 Å². The Morgan fingerprint density at radius 1 is 1.38 bits per heavy atom. The molecule has 0 amide bonds. The molecule has 16 heavy (non-hydrogen) atoms. The Hall–Kier alpha value is -1.09. The van der Waals surface area contributed by atoms with Gasteiger partial charge in [0.15, 0.2) is 0 Å². The van der Waals surface area contributed by atoms with Crippen LogP contribution in [0.4, 0.5) is 0 Å². The number of ether oxygens (including phenoxy) is 1. The predicted octanol–water partition coefficient (Wildman–Crippen LogP) is 2.16. The van der Waals surface area contributed by atoms with Crippen LogP contribution in [0.5, 0.6) is 5.88 Å². The molecule has 88 valence electrons. The maximum Gasteiger partial charge on any atom is 0.212 e. The van der Waals surface area contributed by atoms with Crippen LogP contribution in [-0.4, -0.2) is 24.7 Å². The molecule has 0 radical (unpaired) electrons. The van der Waals surface area contributed by atoms with Gasteiger partial charge in [-0.1, -0.05) is 6.07 Å². The highest BCUT2D eigenvalue weighted by atomic mass is 16.5. The van der Waals surface area contributed by atoms with E-state index >= 15 is 0 Å². The second kappa shape index (κ2) is 5.85. The quantitative estimate of drug-likeness (QED) is 0.715. The summed E-state index contributed by atoms with van der Waals surface area (Å²) in [6, 6.07) is 4.86. The zero-order chi connectivity index (χ0) is 11.2. The molecule has 1 N–H and O–H groups in total. The normalized spacial score (nSPS) is 15.1. The van der Waals surface area contributed by atoms with Gasteiger partial charge in [0, 0.05) is 18.3 Å². The lowest BCUT2D eigenvalue weighted by atomic mass is 10.1. The van der Waals surface area contributed by atoms with Crippen LogP contribution in [0.1, 0.15) is 31.2 Å². The van der Waals surface area contributed by atoms with E-state index in [1.165, 1.54) is 31.2 Å². The first kappa shape index (κ1) is 11.4. The summed E-state index contributed by atoms with van der Waals surface area (Å²) in [6.45, 7) is 1.16. The Kier molecular flexibility index (Phi) is 4.17. The van der Waals surface area contributed by atoms with Crippen molar-refractivity contribution >= 4 is 0 Å². The first-order valence-electron chi connectivity index (χ1n) is 6.11. The Balaban J connectivity index is 1.60. The fourth-order valence-electron chi connectivity index (χ4n) is 1.73. The summed E-state index contributed by atoms with van der Waals surface area (Å²) in [7, 11) is 1.64. The number of rotatable bonds is 7. The topological polar surface area (TPSA) is 34.1 Å². The molecule has 1 saturated carbocycles. The minimum Gasteiger partial charge on any atom is -0.481 e. The van der Waals surface area contributed by atoms with Gasteiger partial charge in [-0.05, 0) is 44.2 Å². The Morgan fingerprint density at radius 2 is 2.25 bits per heavy atom. The first-order chi connectivity index (χ1) is 7.88. The van der Waals surface area contributed by atoms with E-state index in [1.54, 1.807) is 7.11 Å². The molecule has 0 bridgehead atoms. The van der Waals surface area contributed by atoms with Gasteiger partial charge in [-0.3, -0.25) is 0 Å². The molecule has 0 saturated heterocycles. The van der Waals surface area contributed by atoms with Gasteiger partial charge in [0.05, 0.1) is 7.11 Å². The van der Waals surface area contributed by atoms with Crippen molar-refractivity contribution in [1.82, 2.24) is 10.3 Å². The standard InChI is InChI=1S/C13H20N2O/c1-16-13-8-5-11(10-15-13)4-2-3-9-14-12-6-7-12/h5,8,10,12,14H,2-4,6-7,9H2,1H3. The van der Waals surface area contributed by atoms with E-state index in [4.69, 9.17) is 4.74 Å². The summed E-state index contributed by atoms with van der Waals surface area (Å²) in [4.78, 5) is 4.20. The van der Waals surface area contributed by atoms with E-state index in [0.29, 0.717) is 5.88 Å². The van der Waals surface area contributed by atoms with Crippen LogP contribution in [0.2, 0.25) is 0 Å². The van der Waals surface area contributed by atoms with E-state index in [1.807, 2.05) is 12.3 Å². The minimum atomic E-state index is 0.694. The second-order valence-electron chi connectivity index (χ2n) is 4.39. The average Bonchev–Trinajstić information content (AvgIpc) is 3.13. The van der Waals surface area contributed by atoms with E-state index in [2.05, 4.69) is 16.4 Å². The van der Waals surface area contributed by atoms with Crippen molar-refractivity contribution in [3.63, 3.8) is 0 Å². The fraction of sp³-hybridized carbons (Fsp3) is 0.615. The van der Waals surface area contributed by atoms with Gasteiger partial charge in [-0.15, -0.1) is 0 Å². The molecule has 1 heterocycles. The van der Waals surface area contributed by atoms with Crippen LogP contribution in [-0.2, 0) is 6.42 Å². The van der Waals surface area contributed by atoms with E-state index in [9.17, 15) is 0 Å². The van der Waals surface area contributed by atoms with Gasteiger partial charge in [-0.2, -0.15) is 0 Å². The molecule has 0 unspecified atom stereocenters. The smallest absolute Gasteiger partial charge is 0.212 e. The summed E-state index contributed by atoms with van der Waals surface area (Å²) in [5.41, 5.74) is 1.30. The van der Waals surface area contributed by atoms with Crippen LogP contribution < -0.4 is 10.1 Å². The molecule has 1 aliphatic rings. The molecule has 0 spiro atoms. The summed E-state index contributed by atoms with van der Waals surface area (Å²) < 4.78 is 5.02. The van der Waals surface area contributed by atoms with E-state index < -0.39 is 0 Å². The van der Waals surface area contributed by atoms with Crippen LogP contribution >= 0.6 is 0 Å². The number of methoxy groups -OCH3 is 1. The number of hydrogen-bond donors (Lipinski definition) is 1. The van der Waals surface area contributed by atoms with Crippen molar-refractivity contribution in [1.29, 1.82) is 0 Å². The molecular formula is C13H20N2O. The molecule has 1 fully saturated rings. The van der Waals surface area contributed by atoms with Crippen LogP contribution in [0.3, 0.4) is 0 Å². The van der Waals surface area contributed by atoms with Crippen LogP contribution in [0, 0.1) is 0 Å². The zero-order valence-electron chi connectivity index (χ0n) is 9.91. The van der Waals surface area contributed by atoms with Gasteiger partial charge in [0.1, 0.15) is 0 Å². The number of nitrogens with one attached hydrogen (secondary N) is 1. The number of aromatic nitrogens is 1. The number of nitrogens with zero attached hydrogens (tertiary/aromatic N) is 1. The molecule has 0 atom stereocenters. The average molecular weight is 220 g/mol. The molecule has 2 rings (SSSR count). The first-order valence-corrected chi connectivity index (χ1v) is 6.11. The lowest BCUT2D eigenvalue weighted by molar-refractivity contribution is 0.397. The highest BCUT2D eigenvalue weighted by molar-refractivity contribution is 5.17. The molecule has 0 aromatic carbocycles. The third-order valence-electron chi connectivity index (χ3n) is 2.91. The molecule has 3 nitrogen and oxygen atoms in total. The Labute approximate surface area is 97.2 Å². The second-order valence-corrected chi connectivity index (χ2v) is 4.39. The number of aryl methyl sites for hydroxylation is 1. The summed E-state index contributed by atoms with van der Waals surface area (Å²) in [5.74, 6) is 0.694. The Morgan fingerprint density at radius 3 is 2.88 bits per heavy atom. The van der Waals surface area contributed by atoms with Crippen molar-refractivity contribution in [2.45, 2.75) is 38.1 Å². The molecule has 1 aromatic rings. The lowest BCUT2D eigenvalue weighted by Crippen LogP contribution is -2.17. The number of pyridine rings is 1. The largest absolute Gasteiger partial charge is 0.481 e. The molecular weight excluding hydrogens is 200 g/mol. The molecule has 0 aliphatic heterocycles. The Bertz CT molecular complexity index is 306. The van der Waals surface area contributed by atoms with Gasteiger partial charge in [0.2, 0.25) is 5.88 Å². The van der Waals surface area contributed by atoms with Crippen LogP contribution in [0.25, 0.3) is 0 Å². The zero-order valence-corrected chi connectivity index (χ0v) is 9.91. The van der Waals surface area contributed by atoms with Crippen molar-refractivity contribution < 1.29 is 4.74 Å². The SMILES string of the molecule is COc1ccc(CCCCNC2CC2)cn1. The number of unbranched alkanes of at least 4 members (excludes halogenated alkanes) is 1. The van der Waals surface area contributed by atoms with Crippen molar-refractivity contribution in [2.75, 3.05) is 13.7 Å². The molecule has 1 aromatic heterocycles. The van der Waals surface area contributed by atoms with Crippen molar-refractivity contribution in [3.8, 4) is 5.88 Å². The predicted molar refractivity (Wildman–Crippen MR) is 64.8 cm³/mol. The number of hydrogen-bond acceptors (Lipinski definition) is 3. The summed E-state index contributed by atoms with van der Waals surface area (Å²) in [5, 5.41) is 3.53. The van der Waals surface area contributed by atoms with Gasteiger partial charge >= 0.3 is 0 Å². The lowest BCUT2D eigenvalue weighted by Gasteiger charge is -2.04. The molecule has 1 aliphatic carbocycles. The maximum absolute atomic E-state index is 5.02. The van der Waals surface area contributed by atoms with Gasteiger partial charge in [-0.25, -0.2) is 4.98 Å². The maximum atomic E-state index is 5.02. The van der Waals surface area contributed by atoms with Gasteiger partial charge < -0.3 is 10.1 Å². The summed E-state index contributed by atoms with van der Waals surface area (Å²) >= 11 is 0. The van der Waals surface area contributed by atoms with Crippen LogP contribution in [0.15, 0.2) is 18.3 Å². The van der Waals surface area contributed by atoms with Crippen molar-refractivity contribution in [3.05, 3.63) is 23.9 Å². The minimum absolute atomic E-state index is 0.694.